The lowest BCUT2D eigenvalue weighted by Gasteiger charge is -2.50. The summed E-state index contributed by atoms with van der Waals surface area (Å²) in [6, 6.07) is 11.4. The highest BCUT2D eigenvalue weighted by Gasteiger charge is 2.70. The zero-order chi connectivity index (χ0) is 35.2. The minimum Gasteiger partial charge on any atom is -0.504 e. The van der Waals surface area contributed by atoms with Gasteiger partial charge in [0.05, 0.1) is 40.9 Å². The molecule has 1 saturated carbocycles. The number of para-hydroxylation sites is 1. The Labute approximate surface area is 285 Å². The first-order chi connectivity index (χ1) is 23.2. The van der Waals surface area contributed by atoms with Crippen LogP contribution in [0.1, 0.15) is 35.4 Å². The van der Waals surface area contributed by atoms with Gasteiger partial charge in [-0.2, -0.15) is 23.2 Å². The summed E-state index contributed by atoms with van der Waals surface area (Å²) in [5.41, 5.74) is 0.477. The number of pyridine rings is 1. The number of hydrazine groups is 1. The van der Waals surface area contributed by atoms with Crippen molar-refractivity contribution in [1.29, 1.82) is 0 Å². The lowest BCUT2D eigenvalue weighted by Crippen LogP contribution is -2.53. The predicted octanol–water partition coefficient (Wildman–Crippen LogP) is 5.50. The fourth-order valence-corrected chi connectivity index (χ4v) is 8.38. The number of allylic oxidation sites excluding steroid dienone is 2. The molecule has 3 fully saturated rings. The molecule has 1 aromatic heterocycles. The van der Waals surface area contributed by atoms with Crippen LogP contribution in [0.3, 0.4) is 0 Å². The van der Waals surface area contributed by atoms with E-state index in [2.05, 4.69) is 10.4 Å². The summed E-state index contributed by atoms with van der Waals surface area (Å²) < 4.78 is 45.5. The molecule has 4 amide bonds. The van der Waals surface area contributed by atoms with Crippen molar-refractivity contribution in [3.63, 3.8) is 0 Å². The van der Waals surface area contributed by atoms with E-state index in [1.54, 1.807) is 30.3 Å². The second kappa shape index (κ2) is 11.5. The van der Waals surface area contributed by atoms with Gasteiger partial charge in [-0.25, -0.2) is 4.98 Å². The molecule has 2 saturated heterocycles. The average molecular weight is 717 g/mol. The zero-order valence-corrected chi connectivity index (χ0v) is 26.8. The number of rotatable bonds is 5. The number of benzene rings is 2. The van der Waals surface area contributed by atoms with Crippen molar-refractivity contribution < 1.29 is 47.4 Å². The maximum atomic E-state index is 15.1. The Balaban J connectivity index is 1.46. The molecule has 3 N–H and O–H groups in total. The summed E-state index contributed by atoms with van der Waals surface area (Å²) in [6.07, 6.45) is -2.69. The molecule has 2 aliphatic carbocycles. The van der Waals surface area contributed by atoms with Crippen LogP contribution in [0.2, 0.25) is 10.0 Å². The molecule has 0 radical (unpaired) electrons. The van der Waals surface area contributed by atoms with Gasteiger partial charge in [0.25, 0.3) is 23.6 Å². The van der Waals surface area contributed by atoms with Gasteiger partial charge < -0.3 is 9.84 Å². The number of hydrogen-bond donors (Lipinski definition) is 3. The second-order valence-electron chi connectivity index (χ2n) is 12.3. The number of phenols is 1. The Hall–Kier alpha value is -4.66. The number of anilines is 1. The van der Waals surface area contributed by atoms with Gasteiger partial charge in [0.1, 0.15) is 0 Å². The van der Waals surface area contributed by atoms with Crippen LogP contribution in [0.25, 0.3) is 0 Å². The summed E-state index contributed by atoms with van der Waals surface area (Å²) in [6.45, 7) is 0. The molecule has 3 heterocycles. The van der Waals surface area contributed by atoms with Crippen LogP contribution in [0, 0.1) is 23.7 Å². The Bertz CT molecular complexity index is 1970. The third-order valence-corrected chi connectivity index (χ3v) is 10.6. The Morgan fingerprint density at radius 3 is 2.39 bits per heavy atom. The number of carbonyl (C=O) groups excluding carboxylic acids is 4. The number of ether oxygens (including phenoxy) is 1. The normalized spacial score (nSPS) is 27.9. The fourth-order valence-electron chi connectivity index (χ4n) is 8.05. The van der Waals surface area contributed by atoms with E-state index in [9.17, 15) is 37.9 Å². The predicted molar refractivity (Wildman–Crippen MR) is 165 cm³/mol. The second-order valence-corrected chi connectivity index (χ2v) is 13.1. The van der Waals surface area contributed by atoms with Crippen molar-refractivity contribution in [2.24, 2.45) is 23.7 Å². The maximum Gasteiger partial charge on any atom is 0.417 e. The lowest BCUT2D eigenvalue weighted by molar-refractivity contribution is -0.173. The number of halogens is 5. The SMILES string of the molecule is COc1cccc([C@H]2C3=CC[C@@H]4C(=O)N(O)C(=O)[C@@H]4[C@@H]3C[C@H]3C(=O)N(Nc4ncc(C(F)(F)F)cc4Cl)C(=O)[C@@]23c2ccc(Cl)cc2)c1O. The summed E-state index contributed by atoms with van der Waals surface area (Å²) in [4.78, 5) is 59.6. The number of aromatic nitrogens is 1. The van der Waals surface area contributed by atoms with E-state index < -0.39 is 81.2 Å². The van der Waals surface area contributed by atoms with Crippen molar-refractivity contribution in [2.75, 3.05) is 12.5 Å². The van der Waals surface area contributed by atoms with E-state index in [1.165, 1.54) is 25.3 Å². The van der Waals surface area contributed by atoms with Gasteiger partial charge in [-0.05, 0) is 48.6 Å². The summed E-state index contributed by atoms with van der Waals surface area (Å²) in [5.74, 6) is -9.33. The highest BCUT2D eigenvalue weighted by atomic mass is 35.5. The molecule has 0 spiro atoms. The average Bonchev–Trinajstić information content (AvgIpc) is 3.42. The molecule has 49 heavy (non-hydrogen) atoms. The number of amides is 4. The minimum absolute atomic E-state index is 0.0237. The van der Waals surface area contributed by atoms with E-state index in [4.69, 9.17) is 27.9 Å². The van der Waals surface area contributed by atoms with Gasteiger partial charge in [-0.1, -0.05) is 59.1 Å². The first-order valence-corrected chi connectivity index (χ1v) is 15.7. The number of aromatic hydroxyl groups is 1. The number of alkyl halides is 3. The molecule has 16 heteroatoms. The molecule has 254 valence electrons. The van der Waals surface area contributed by atoms with Gasteiger partial charge in [0, 0.05) is 22.7 Å². The molecule has 3 aromatic rings. The van der Waals surface area contributed by atoms with Crippen molar-refractivity contribution in [1.82, 2.24) is 15.1 Å². The third-order valence-electron chi connectivity index (χ3n) is 10.1. The highest BCUT2D eigenvalue weighted by Crippen LogP contribution is 2.65. The van der Waals surface area contributed by atoms with Crippen molar-refractivity contribution in [2.45, 2.75) is 30.4 Å². The molecule has 0 unspecified atom stereocenters. The van der Waals surface area contributed by atoms with Crippen molar-refractivity contribution in [3.8, 4) is 11.5 Å². The Kier molecular flexibility index (Phi) is 7.69. The largest absolute Gasteiger partial charge is 0.504 e. The van der Waals surface area contributed by atoms with Crippen molar-refractivity contribution in [3.05, 3.63) is 93.1 Å². The summed E-state index contributed by atoms with van der Waals surface area (Å²) in [7, 11) is 1.33. The monoisotopic (exact) mass is 716 g/mol. The number of hydrogen-bond acceptors (Lipinski definition) is 9. The number of imide groups is 2. The van der Waals surface area contributed by atoms with Crippen LogP contribution >= 0.6 is 23.2 Å². The van der Waals surface area contributed by atoms with Gasteiger partial charge in [-0.15, -0.1) is 0 Å². The minimum atomic E-state index is -4.76. The topological polar surface area (TPSA) is 149 Å². The fraction of sp³-hybridized carbons (Fsp3) is 0.303. The summed E-state index contributed by atoms with van der Waals surface area (Å²) >= 11 is 12.4. The van der Waals surface area contributed by atoms with Gasteiger partial charge in [-0.3, -0.25) is 29.8 Å². The first-order valence-electron chi connectivity index (χ1n) is 15.0. The smallest absolute Gasteiger partial charge is 0.417 e. The van der Waals surface area contributed by atoms with Crippen LogP contribution in [0.4, 0.5) is 19.0 Å². The first kappa shape index (κ1) is 32.9. The van der Waals surface area contributed by atoms with Gasteiger partial charge in [0.2, 0.25) is 0 Å². The number of phenolic OH excluding ortho intramolecular Hbond substituents is 1. The molecule has 2 aromatic carbocycles. The van der Waals surface area contributed by atoms with E-state index in [0.29, 0.717) is 33.4 Å². The molecule has 7 rings (SSSR count). The van der Waals surface area contributed by atoms with Crippen LogP contribution in [0.5, 0.6) is 11.5 Å². The number of methoxy groups -OCH3 is 1. The quantitative estimate of drug-likeness (QED) is 0.177. The van der Waals surface area contributed by atoms with Crippen LogP contribution in [0.15, 0.2) is 66.4 Å². The number of hydroxylamine groups is 2. The highest BCUT2D eigenvalue weighted by molar-refractivity contribution is 6.33. The van der Waals surface area contributed by atoms with E-state index in [0.717, 1.165) is 0 Å². The molecular formula is C33H25Cl2F3N4O7. The molecule has 11 nitrogen and oxygen atoms in total. The van der Waals surface area contributed by atoms with Gasteiger partial charge >= 0.3 is 6.18 Å². The molecule has 4 aliphatic rings. The molecule has 0 bridgehead atoms. The van der Waals surface area contributed by atoms with E-state index in [1.807, 2.05) is 0 Å². The Morgan fingerprint density at radius 2 is 1.73 bits per heavy atom. The number of nitrogens with one attached hydrogen (secondary N) is 1. The van der Waals surface area contributed by atoms with Crippen LogP contribution < -0.4 is 10.2 Å². The van der Waals surface area contributed by atoms with Gasteiger partial charge in [0.15, 0.2) is 17.3 Å². The number of nitrogens with zero attached hydrogens (tertiary/aromatic N) is 3. The molecular weight excluding hydrogens is 692 g/mol. The van der Waals surface area contributed by atoms with E-state index in [-0.39, 0.29) is 35.0 Å². The lowest BCUT2D eigenvalue weighted by atomic mass is 9.49. The van der Waals surface area contributed by atoms with Crippen LogP contribution in [-0.2, 0) is 30.8 Å². The molecule has 2 aliphatic heterocycles. The van der Waals surface area contributed by atoms with Crippen molar-refractivity contribution >= 4 is 52.6 Å². The maximum absolute atomic E-state index is 15.1. The number of carbonyl (C=O) groups is 4. The van der Waals surface area contributed by atoms with E-state index >= 15 is 4.79 Å². The Morgan fingerprint density at radius 1 is 1.02 bits per heavy atom. The molecule has 6 atom stereocenters. The van der Waals surface area contributed by atoms with Crippen LogP contribution in [-0.4, -0.2) is 56.1 Å². The third kappa shape index (κ3) is 4.71. The summed E-state index contributed by atoms with van der Waals surface area (Å²) in [5, 5.41) is 22.4. The zero-order valence-electron chi connectivity index (χ0n) is 25.2. The number of fused-ring (bicyclic) bond motifs is 4. The standard InChI is InChI=1S/C33H25Cl2F3N4O7/c1-49-23-4-2-3-19(26(23)43)25-17-9-10-18-24(30(46)42(48)28(18)44)20(17)12-21-29(45)41(31(47)32(21,25)14-5-7-16(34)8-6-14)40-27-22(35)11-15(13-39-27)33(36,37)38/h2-9,11,13,18,20-21,24-25,43,48H,10,12H2,1H3,(H,39,40)/t18-,20+,21-,24-,25+,32+/m0/s1.